The number of amides is 1. The number of carbonyl (C=O) groups is 3. The lowest BCUT2D eigenvalue weighted by Gasteiger charge is -2.22. The smallest absolute Gasteiger partial charge is 0.408 e. The molecule has 6 nitrogen and oxygen atoms in total. The van der Waals surface area contributed by atoms with Crippen LogP contribution in [0.5, 0.6) is 0 Å². The molecule has 0 saturated heterocycles. The Balaban J connectivity index is 1.51. The van der Waals surface area contributed by atoms with Gasteiger partial charge in [0.15, 0.2) is 12.4 Å². The third kappa shape index (κ3) is 7.44. The first kappa shape index (κ1) is 25.5. The lowest BCUT2D eigenvalue weighted by atomic mass is 9.84. The average molecular weight is 466 g/mol. The van der Waals surface area contributed by atoms with Crippen molar-refractivity contribution in [2.45, 2.75) is 70.9 Å². The summed E-state index contributed by atoms with van der Waals surface area (Å²) >= 11 is 0. The molecule has 6 heteroatoms. The summed E-state index contributed by atoms with van der Waals surface area (Å²) in [6, 6.07) is 16.0. The molecule has 182 valence electrons. The molecule has 1 amide bonds. The largest absolute Gasteiger partial charge is 0.456 e. The van der Waals surface area contributed by atoms with Gasteiger partial charge in [-0.05, 0) is 35.8 Å². The number of ketones is 1. The molecule has 2 atom stereocenters. The van der Waals surface area contributed by atoms with Crippen LogP contribution in [0.15, 0.2) is 54.6 Å². The topological polar surface area (TPSA) is 81.7 Å². The molecule has 3 rings (SSSR count). The van der Waals surface area contributed by atoms with Crippen LogP contribution in [0.1, 0.15) is 79.8 Å². The second kappa shape index (κ2) is 12.9. The van der Waals surface area contributed by atoms with E-state index in [-0.39, 0.29) is 24.9 Å². The van der Waals surface area contributed by atoms with Crippen molar-refractivity contribution in [3.63, 3.8) is 0 Å². The van der Waals surface area contributed by atoms with Gasteiger partial charge in [0.2, 0.25) is 0 Å². The van der Waals surface area contributed by atoms with E-state index in [4.69, 9.17) is 9.47 Å². The molecule has 0 heterocycles. The van der Waals surface area contributed by atoms with Gasteiger partial charge in [-0.1, -0.05) is 94.1 Å². The van der Waals surface area contributed by atoms with Crippen molar-refractivity contribution in [1.82, 2.24) is 5.32 Å². The van der Waals surface area contributed by atoms with E-state index in [1.165, 1.54) is 37.7 Å². The molecular formula is C28H35NO5. The van der Waals surface area contributed by atoms with Crippen molar-refractivity contribution in [1.29, 1.82) is 0 Å². The number of Topliss-reactive ketones (excluding diaryl/α,β-unsaturated/α-hetero) is 1. The first-order valence-corrected chi connectivity index (χ1v) is 12.2. The Kier molecular flexibility index (Phi) is 9.68. The number of esters is 1. The molecule has 1 aliphatic carbocycles. The molecule has 1 N–H and O–H groups in total. The number of hydrogen-bond donors (Lipinski definition) is 1. The van der Waals surface area contributed by atoms with Crippen molar-refractivity contribution in [2.75, 3.05) is 6.61 Å². The van der Waals surface area contributed by atoms with Crippen LogP contribution in [-0.4, -0.2) is 30.5 Å². The van der Waals surface area contributed by atoms with E-state index in [1.807, 2.05) is 68.4 Å². The maximum atomic E-state index is 12.7. The summed E-state index contributed by atoms with van der Waals surface area (Å²) in [7, 11) is 0. The molecule has 2 aromatic carbocycles. The van der Waals surface area contributed by atoms with Crippen molar-refractivity contribution in [2.24, 2.45) is 5.92 Å². The van der Waals surface area contributed by atoms with Crippen molar-refractivity contribution >= 4 is 17.8 Å². The molecule has 0 radical (unpaired) electrons. The van der Waals surface area contributed by atoms with Gasteiger partial charge in [-0.2, -0.15) is 0 Å². The van der Waals surface area contributed by atoms with Gasteiger partial charge in [-0.25, -0.2) is 9.59 Å². The van der Waals surface area contributed by atoms with Crippen LogP contribution in [0.4, 0.5) is 4.79 Å². The zero-order chi connectivity index (χ0) is 24.3. The summed E-state index contributed by atoms with van der Waals surface area (Å²) < 4.78 is 10.5. The third-order valence-electron chi connectivity index (χ3n) is 6.61. The van der Waals surface area contributed by atoms with Crippen molar-refractivity contribution in [3.05, 3.63) is 71.3 Å². The van der Waals surface area contributed by atoms with Crippen LogP contribution >= 0.6 is 0 Å². The Morgan fingerprint density at radius 1 is 0.941 bits per heavy atom. The Morgan fingerprint density at radius 3 is 2.26 bits per heavy atom. The number of rotatable bonds is 10. The maximum Gasteiger partial charge on any atom is 0.408 e. The third-order valence-corrected chi connectivity index (χ3v) is 6.61. The highest BCUT2D eigenvalue weighted by molar-refractivity contribution is 5.98. The second-order valence-electron chi connectivity index (χ2n) is 9.06. The van der Waals surface area contributed by atoms with E-state index in [2.05, 4.69) is 5.32 Å². The second-order valence-corrected chi connectivity index (χ2v) is 9.06. The Morgan fingerprint density at radius 2 is 1.62 bits per heavy atom. The predicted molar refractivity (Wildman–Crippen MR) is 131 cm³/mol. The van der Waals surface area contributed by atoms with Gasteiger partial charge in [0.1, 0.15) is 12.6 Å². The van der Waals surface area contributed by atoms with Gasteiger partial charge in [-0.3, -0.25) is 4.79 Å². The van der Waals surface area contributed by atoms with Gasteiger partial charge < -0.3 is 14.8 Å². The van der Waals surface area contributed by atoms with Crippen LogP contribution in [0.25, 0.3) is 0 Å². The van der Waals surface area contributed by atoms with Crippen LogP contribution in [0.2, 0.25) is 0 Å². The summed E-state index contributed by atoms with van der Waals surface area (Å²) in [6.45, 7) is 3.50. The molecule has 0 bridgehead atoms. The summed E-state index contributed by atoms with van der Waals surface area (Å²) in [5, 5.41) is 2.60. The van der Waals surface area contributed by atoms with Gasteiger partial charge in [0, 0.05) is 5.56 Å². The number of benzene rings is 2. The van der Waals surface area contributed by atoms with Crippen molar-refractivity contribution in [3.8, 4) is 0 Å². The molecular weight excluding hydrogens is 430 g/mol. The van der Waals surface area contributed by atoms with Crippen molar-refractivity contribution < 1.29 is 23.9 Å². The van der Waals surface area contributed by atoms with E-state index in [9.17, 15) is 14.4 Å². The fraction of sp³-hybridized carbons (Fsp3) is 0.464. The molecule has 1 saturated carbocycles. The molecule has 0 aliphatic heterocycles. The van der Waals surface area contributed by atoms with Gasteiger partial charge in [0.25, 0.3) is 0 Å². The van der Waals surface area contributed by atoms with Crippen LogP contribution in [-0.2, 0) is 20.9 Å². The SMILES string of the molecule is CC[C@@H](C)[C@@H](NC(=O)OCc1ccccc1)C(=O)OCC(=O)c1ccc(C2CCCCC2)cc1. The van der Waals surface area contributed by atoms with Crippen LogP contribution in [0.3, 0.4) is 0 Å². The molecule has 1 fully saturated rings. The Bertz CT molecular complexity index is 935. The highest BCUT2D eigenvalue weighted by atomic mass is 16.6. The normalized spacial score (nSPS) is 15.7. The number of nitrogens with one attached hydrogen (secondary N) is 1. The lowest BCUT2D eigenvalue weighted by molar-refractivity contribution is -0.146. The lowest BCUT2D eigenvalue weighted by Crippen LogP contribution is -2.46. The summed E-state index contributed by atoms with van der Waals surface area (Å²) in [6.07, 6.45) is 6.16. The molecule has 2 aromatic rings. The zero-order valence-corrected chi connectivity index (χ0v) is 20.1. The van der Waals surface area contributed by atoms with E-state index < -0.39 is 18.1 Å². The first-order valence-electron chi connectivity index (χ1n) is 12.2. The Labute approximate surface area is 202 Å². The van der Waals surface area contributed by atoms with E-state index in [1.54, 1.807) is 0 Å². The fourth-order valence-corrected chi connectivity index (χ4v) is 4.25. The van der Waals surface area contributed by atoms with Gasteiger partial charge >= 0.3 is 12.1 Å². The molecule has 0 aromatic heterocycles. The predicted octanol–water partition coefficient (Wildman–Crippen LogP) is 5.80. The van der Waals surface area contributed by atoms with Gasteiger partial charge in [-0.15, -0.1) is 0 Å². The summed E-state index contributed by atoms with van der Waals surface area (Å²) in [5.74, 6) is -0.516. The maximum absolute atomic E-state index is 12.7. The Hall–Kier alpha value is -3.15. The van der Waals surface area contributed by atoms with Crippen LogP contribution in [0, 0.1) is 5.92 Å². The van der Waals surface area contributed by atoms with E-state index in [0.717, 1.165) is 5.56 Å². The first-order chi connectivity index (χ1) is 16.5. The number of alkyl carbamates (subject to hydrolysis) is 1. The molecule has 0 spiro atoms. The van der Waals surface area contributed by atoms with Gasteiger partial charge in [0.05, 0.1) is 0 Å². The highest BCUT2D eigenvalue weighted by Crippen LogP contribution is 2.32. The minimum Gasteiger partial charge on any atom is -0.456 e. The van der Waals surface area contributed by atoms with Crippen LogP contribution < -0.4 is 5.32 Å². The molecule has 34 heavy (non-hydrogen) atoms. The highest BCUT2D eigenvalue weighted by Gasteiger charge is 2.28. The minimum atomic E-state index is -0.894. The number of ether oxygens (including phenoxy) is 2. The minimum absolute atomic E-state index is 0.101. The fourth-order valence-electron chi connectivity index (χ4n) is 4.25. The quantitative estimate of drug-likeness (QED) is 0.354. The monoisotopic (exact) mass is 465 g/mol. The molecule has 0 unspecified atom stereocenters. The average Bonchev–Trinajstić information content (AvgIpc) is 2.89. The standard InChI is InChI=1S/C28H35NO5/c1-3-20(2)26(29-28(32)34-18-21-10-6-4-7-11-21)27(31)33-19-25(30)24-16-14-23(15-17-24)22-12-8-5-9-13-22/h4,6-7,10-11,14-17,20,22,26H,3,5,8-9,12-13,18-19H2,1-2H3,(H,29,32)/t20-,26-/m1/s1. The number of hydrogen-bond acceptors (Lipinski definition) is 5. The zero-order valence-electron chi connectivity index (χ0n) is 20.1. The van der Waals surface area contributed by atoms with E-state index >= 15 is 0 Å². The summed E-state index contributed by atoms with van der Waals surface area (Å²) in [5.41, 5.74) is 2.63. The number of carbonyl (C=O) groups excluding carboxylic acids is 3. The van der Waals surface area contributed by atoms with E-state index in [0.29, 0.717) is 17.9 Å². The summed E-state index contributed by atoms with van der Waals surface area (Å²) in [4.78, 5) is 37.6. The molecule has 1 aliphatic rings.